The highest BCUT2D eigenvalue weighted by Gasteiger charge is 2.60. The van der Waals surface area contributed by atoms with Gasteiger partial charge in [-0.3, -0.25) is 0 Å². The van der Waals surface area contributed by atoms with E-state index in [-0.39, 0.29) is 0 Å². The molecule has 4 saturated carbocycles. The topological polar surface area (TPSA) is 26.0 Å². The summed E-state index contributed by atoms with van der Waals surface area (Å²) in [7, 11) is 0. The van der Waals surface area contributed by atoms with Gasteiger partial charge in [0.2, 0.25) is 0 Å². The maximum atomic E-state index is 5.85. The van der Waals surface area contributed by atoms with Crippen molar-refractivity contribution in [2.75, 3.05) is 6.54 Å². The molecule has 0 aromatic carbocycles. The summed E-state index contributed by atoms with van der Waals surface area (Å²) in [6.07, 6.45) is 18.7. The van der Waals surface area contributed by atoms with Crippen molar-refractivity contribution in [2.45, 2.75) is 118 Å². The molecule has 4 unspecified atom stereocenters. The van der Waals surface area contributed by atoms with E-state index in [0.717, 1.165) is 60.3 Å². The van der Waals surface area contributed by atoms with Gasteiger partial charge < -0.3 is 5.73 Å². The third-order valence-electron chi connectivity index (χ3n) is 11.9. The molecule has 4 aliphatic carbocycles. The van der Waals surface area contributed by atoms with Crippen molar-refractivity contribution in [3.63, 3.8) is 0 Å². The van der Waals surface area contributed by atoms with Crippen molar-refractivity contribution in [3.8, 4) is 0 Å². The second-order valence-corrected chi connectivity index (χ2v) is 13.9. The van der Waals surface area contributed by atoms with Gasteiger partial charge in [-0.05, 0) is 129 Å². The molecule has 1 nitrogen and oxygen atoms in total. The van der Waals surface area contributed by atoms with E-state index in [1.54, 1.807) is 0 Å². The molecule has 2 N–H and O–H groups in total. The summed E-state index contributed by atoms with van der Waals surface area (Å²) in [5, 5.41) is 0. The van der Waals surface area contributed by atoms with Crippen LogP contribution in [0.25, 0.3) is 0 Å². The van der Waals surface area contributed by atoms with E-state index in [0.29, 0.717) is 10.8 Å². The van der Waals surface area contributed by atoms with Gasteiger partial charge >= 0.3 is 0 Å². The van der Waals surface area contributed by atoms with Crippen molar-refractivity contribution < 1.29 is 0 Å². The first-order chi connectivity index (χ1) is 15.2. The van der Waals surface area contributed by atoms with Gasteiger partial charge in [0.05, 0.1) is 0 Å². The quantitative estimate of drug-likeness (QED) is 0.375. The van der Waals surface area contributed by atoms with E-state index in [1.807, 2.05) is 0 Å². The summed E-state index contributed by atoms with van der Waals surface area (Å²) in [5.74, 6) is 7.50. The smallest absolute Gasteiger partial charge is 0.00399 e. The van der Waals surface area contributed by atoms with E-state index in [4.69, 9.17) is 5.73 Å². The molecule has 1 heteroatoms. The largest absolute Gasteiger partial charge is 0.330 e. The predicted octanol–water partition coefficient (Wildman–Crippen LogP) is 8.63. The van der Waals surface area contributed by atoms with Gasteiger partial charge in [0.15, 0.2) is 0 Å². The summed E-state index contributed by atoms with van der Waals surface area (Å²) in [5.41, 5.74) is 8.55. The zero-order chi connectivity index (χ0) is 23.1. The first-order valence-electron chi connectivity index (χ1n) is 14.6. The van der Waals surface area contributed by atoms with Crippen molar-refractivity contribution >= 4 is 0 Å². The lowest BCUT2D eigenvalue weighted by Gasteiger charge is -2.61. The molecule has 4 rings (SSSR count). The second-order valence-electron chi connectivity index (χ2n) is 13.9. The lowest BCUT2D eigenvalue weighted by molar-refractivity contribution is -0.119. The Kier molecular flexibility index (Phi) is 7.56. The van der Waals surface area contributed by atoms with Crippen molar-refractivity contribution in [3.05, 3.63) is 12.2 Å². The summed E-state index contributed by atoms with van der Waals surface area (Å²) in [6, 6.07) is 0. The highest BCUT2D eigenvalue weighted by Crippen LogP contribution is 2.68. The standard InChI is InChI=1S/C31H55N/c1-21(2)8-7-9-23(4)27-12-13-28-26-11-10-25-20-24(22(3)16-19-32)14-17-30(25,5)29(26)15-18-31(27,28)6/h21,23-29H,3,7-20,32H2,1-2,4-6H3/t23-,24+,25+,26?,27?,28?,29?,30+,31-/m1/s1. The molecule has 0 aromatic rings. The van der Waals surface area contributed by atoms with E-state index in [2.05, 4.69) is 41.2 Å². The summed E-state index contributed by atoms with van der Waals surface area (Å²) >= 11 is 0. The van der Waals surface area contributed by atoms with E-state index < -0.39 is 0 Å². The summed E-state index contributed by atoms with van der Waals surface area (Å²) < 4.78 is 0. The van der Waals surface area contributed by atoms with E-state index in [9.17, 15) is 0 Å². The van der Waals surface area contributed by atoms with Crippen LogP contribution < -0.4 is 5.73 Å². The fourth-order valence-electron chi connectivity index (χ4n) is 10.0. The van der Waals surface area contributed by atoms with Crippen molar-refractivity contribution in [1.29, 1.82) is 0 Å². The van der Waals surface area contributed by atoms with E-state index in [1.165, 1.54) is 82.6 Å². The Labute approximate surface area is 200 Å². The molecular weight excluding hydrogens is 386 g/mol. The molecule has 184 valence electrons. The van der Waals surface area contributed by atoms with Crippen LogP contribution >= 0.6 is 0 Å². The van der Waals surface area contributed by atoms with Crippen molar-refractivity contribution in [1.82, 2.24) is 0 Å². The minimum Gasteiger partial charge on any atom is -0.330 e. The second kappa shape index (κ2) is 9.75. The minimum absolute atomic E-state index is 0.602. The first kappa shape index (κ1) is 24.8. The zero-order valence-electron chi connectivity index (χ0n) is 22.3. The normalized spacial score (nSPS) is 44.6. The molecule has 0 aromatic heterocycles. The van der Waals surface area contributed by atoms with Crippen LogP contribution in [-0.2, 0) is 0 Å². The molecule has 0 amide bonds. The van der Waals surface area contributed by atoms with Gasteiger partial charge in [0.25, 0.3) is 0 Å². The maximum Gasteiger partial charge on any atom is -0.00399 e. The fourth-order valence-corrected chi connectivity index (χ4v) is 10.0. The average Bonchev–Trinajstić information content (AvgIpc) is 3.10. The van der Waals surface area contributed by atoms with Gasteiger partial charge in [0, 0.05) is 0 Å². The van der Waals surface area contributed by atoms with Gasteiger partial charge in [-0.15, -0.1) is 0 Å². The number of hydrogen-bond donors (Lipinski definition) is 1. The minimum atomic E-state index is 0.602. The lowest BCUT2D eigenvalue weighted by Crippen LogP contribution is -2.53. The van der Waals surface area contributed by atoms with Gasteiger partial charge in [-0.25, -0.2) is 0 Å². The molecule has 4 aliphatic rings. The Morgan fingerprint density at radius 1 is 0.906 bits per heavy atom. The number of nitrogens with two attached hydrogens (primary N) is 1. The van der Waals surface area contributed by atoms with Crippen LogP contribution in [0.2, 0.25) is 0 Å². The summed E-state index contributed by atoms with van der Waals surface area (Å²) in [6.45, 7) is 18.1. The van der Waals surface area contributed by atoms with Gasteiger partial charge in [-0.1, -0.05) is 66.0 Å². The van der Waals surface area contributed by atoms with Crippen LogP contribution in [0.4, 0.5) is 0 Å². The maximum absolute atomic E-state index is 5.85. The molecule has 0 saturated heterocycles. The van der Waals surface area contributed by atoms with Gasteiger partial charge in [-0.2, -0.15) is 0 Å². The Bertz CT molecular complexity index is 651. The Balaban J connectivity index is 1.43. The average molecular weight is 442 g/mol. The lowest BCUT2D eigenvalue weighted by atomic mass is 9.43. The number of rotatable bonds is 8. The highest BCUT2D eigenvalue weighted by molar-refractivity contribution is 5.12. The van der Waals surface area contributed by atoms with Gasteiger partial charge in [0.1, 0.15) is 0 Å². The van der Waals surface area contributed by atoms with Crippen LogP contribution in [0.1, 0.15) is 118 Å². The number of fused-ring (bicyclic) bond motifs is 5. The molecule has 0 heterocycles. The Morgan fingerprint density at radius 3 is 2.34 bits per heavy atom. The molecule has 0 radical (unpaired) electrons. The SMILES string of the molecule is C=C(CCN)[C@H]1CC[C@]2(C)C3CC[C@@]4(C)C(CCC4[C@H](C)CCCC(C)C)C3CC[C@H]2C1. The first-order valence-corrected chi connectivity index (χ1v) is 14.6. The van der Waals surface area contributed by atoms with Crippen LogP contribution in [0.5, 0.6) is 0 Å². The molecule has 0 bridgehead atoms. The molecule has 32 heavy (non-hydrogen) atoms. The fraction of sp³-hybridized carbons (Fsp3) is 0.935. The molecule has 9 atom stereocenters. The van der Waals surface area contributed by atoms with Crippen LogP contribution in [0, 0.1) is 58.2 Å². The van der Waals surface area contributed by atoms with E-state index >= 15 is 0 Å². The Morgan fingerprint density at radius 2 is 1.62 bits per heavy atom. The predicted molar refractivity (Wildman–Crippen MR) is 139 cm³/mol. The van der Waals surface area contributed by atoms with Crippen LogP contribution in [-0.4, -0.2) is 6.54 Å². The number of hydrogen-bond acceptors (Lipinski definition) is 1. The molecule has 0 aliphatic heterocycles. The molecule has 0 spiro atoms. The molecule has 4 fully saturated rings. The Hall–Kier alpha value is -0.300. The molecular formula is C31H55N. The zero-order valence-corrected chi connectivity index (χ0v) is 22.3. The summed E-state index contributed by atoms with van der Waals surface area (Å²) in [4.78, 5) is 0. The monoisotopic (exact) mass is 441 g/mol. The van der Waals surface area contributed by atoms with Crippen LogP contribution in [0.3, 0.4) is 0 Å². The van der Waals surface area contributed by atoms with Crippen LogP contribution in [0.15, 0.2) is 12.2 Å². The third-order valence-corrected chi connectivity index (χ3v) is 11.9. The highest BCUT2D eigenvalue weighted by atomic mass is 14.7. The van der Waals surface area contributed by atoms with Crippen molar-refractivity contribution in [2.24, 2.45) is 63.9 Å². The third kappa shape index (κ3) is 4.38.